The lowest BCUT2D eigenvalue weighted by Gasteiger charge is -2.13. The maximum atomic E-state index is 5.54. The van der Waals surface area contributed by atoms with E-state index in [1.807, 2.05) is 12.1 Å². The normalized spacial score (nSPS) is 12.7. The van der Waals surface area contributed by atoms with Gasteiger partial charge in [0.2, 0.25) is 5.69 Å². The first-order chi connectivity index (χ1) is 13.2. The van der Waals surface area contributed by atoms with Crippen LogP contribution in [0.2, 0.25) is 0 Å². The lowest BCUT2D eigenvalue weighted by atomic mass is 9.99. The number of nitrogens with zero attached hydrogens (tertiary/aromatic N) is 1. The van der Waals surface area contributed by atoms with Crippen molar-refractivity contribution in [2.75, 3.05) is 28.4 Å². The maximum absolute atomic E-state index is 5.54. The Morgan fingerprint density at radius 3 is 1.96 bits per heavy atom. The minimum Gasteiger partial charge on any atom is -0.493 e. The summed E-state index contributed by atoms with van der Waals surface area (Å²) < 4.78 is 24.3. The van der Waals surface area contributed by atoms with Gasteiger partial charge in [0.05, 0.1) is 34.0 Å². The quantitative estimate of drug-likeness (QED) is 0.659. The number of methoxy groups -OCH3 is 4. The molecule has 0 aliphatic carbocycles. The molecule has 3 aromatic rings. The molecule has 2 aromatic carbocycles. The van der Waals surface area contributed by atoms with Gasteiger partial charge in [-0.2, -0.15) is 4.57 Å². The lowest BCUT2D eigenvalue weighted by molar-refractivity contribution is -0.684. The van der Waals surface area contributed by atoms with Crippen molar-refractivity contribution in [2.45, 2.75) is 19.4 Å². The summed E-state index contributed by atoms with van der Waals surface area (Å²) in [7, 11) is 6.67. The number of rotatable bonds is 4. The first-order valence-corrected chi connectivity index (χ1v) is 9.03. The summed E-state index contributed by atoms with van der Waals surface area (Å²) in [5, 5.41) is 2.24. The Bertz CT molecular complexity index is 1010. The van der Waals surface area contributed by atoms with Gasteiger partial charge in [-0.1, -0.05) is 0 Å². The molecule has 0 amide bonds. The molecule has 140 valence electrons. The highest BCUT2D eigenvalue weighted by Gasteiger charge is 2.24. The smallest absolute Gasteiger partial charge is 0.213 e. The molecule has 4 rings (SSSR count). The van der Waals surface area contributed by atoms with Gasteiger partial charge in [0.15, 0.2) is 29.2 Å². The summed E-state index contributed by atoms with van der Waals surface area (Å²) in [6, 6.07) is 10.5. The van der Waals surface area contributed by atoms with E-state index in [0.29, 0.717) is 0 Å². The highest BCUT2D eigenvalue weighted by atomic mass is 16.5. The predicted octanol–water partition coefficient (Wildman–Crippen LogP) is 3.77. The van der Waals surface area contributed by atoms with E-state index in [0.717, 1.165) is 53.2 Å². The van der Waals surface area contributed by atoms with Crippen molar-refractivity contribution in [2.24, 2.45) is 0 Å². The summed E-state index contributed by atoms with van der Waals surface area (Å²) >= 11 is 0. The molecule has 0 bridgehead atoms. The van der Waals surface area contributed by atoms with Gasteiger partial charge in [-0.3, -0.25) is 0 Å². The van der Waals surface area contributed by atoms with Crippen LogP contribution in [0.15, 0.2) is 36.5 Å². The molecule has 27 heavy (non-hydrogen) atoms. The molecule has 0 fully saturated rings. The van der Waals surface area contributed by atoms with Crippen molar-refractivity contribution in [1.82, 2.24) is 0 Å². The van der Waals surface area contributed by atoms with E-state index in [1.54, 1.807) is 28.4 Å². The van der Waals surface area contributed by atoms with Crippen molar-refractivity contribution in [1.29, 1.82) is 0 Å². The van der Waals surface area contributed by atoms with E-state index in [2.05, 4.69) is 29.0 Å². The van der Waals surface area contributed by atoms with Crippen molar-refractivity contribution in [3.63, 3.8) is 0 Å². The molecule has 5 heteroatoms. The molecule has 1 aliphatic rings. The van der Waals surface area contributed by atoms with Crippen LogP contribution in [0.1, 0.15) is 12.0 Å². The average Bonchev–Trinajstić information content (AvgIpc) is 2.88. The van der Waals surface area contributed by atoms with Gasteiger partial charge in [-0.05, 0) is 41.6 Å². The molecule has 1 aromatic heterocycles. The Kier molecular flexibility index (Phi) is 4.52. The first-order valence-electron chi connectivity index (χ1n) is 9.03. The van der Waals surface area contributed by atoms with Crippen LogP contribution in [0.25, 0.3) is 22.0 Å². The molecule has 1 aliphatic heterocycles. The lowest BCUT2D eigenvalue weighted by Crippen LogP contribution is -2.35. The van der Waals surface area contributed by atoms with Crippen LogP contribution < -0.4 is 23.5 Å². The second-order valence-electron chi connectivity index (χ2n) is 6.66. The molecule has 0 radical (unpaired) electrons. The van der Waals surface area contributed by atoms with Gasteiger partial charge in [-0.25, -0.2) is 0 Å². The number of hydrogen-bond donors (Lipinski definition) is 0. The zero-order chi connectivity index (χ0) is 19.0. The van der Waals surface area contributed by atoms with Crippen molar-refractivity contribution < 1.29 is 23.5 Å². The Labute approximate surface area is 159 Å². The molecule has 0 saturated carbocycles. The Morgan fingerprint density at radius 2 is 1.30 bits per heavy atom. The zero-order valence-electron chi connectivity index (χ0n) is 16.2. The predicted molar refractivity (Wildman–Crippen MR) is 104 cm³/mol. The third kappa shape index (κ3) is 2.93. The summed E-state index contributed by atoms with van der Waals surface area (Å²) in [5.41, 5.74) is 3.63. The second kappa shape index (κ2) is 6.99. The summed E-state index contributed by atoms with van der Waals surface area (Å²) in [6.07, 6.45) is 4.26. The summed E-state index contributed by atoms with van der Waals surface area (Å²) in [6.45, 7) is 0.957. The van der Waals surface area contributed by atoms with E-state index in [1.165, 1.54) is 16.8 Å². The van der Waals surface area contributed by atoms with Crippen LogP contribution in [-0.4, -0.2) is 28.4 Å². The molecule has 2 heterocycles. The number of fused-ring (bicyclic) bond motifs is 4. The number of aromatic nitrogens is 1. The highest BCUT2D eigenvalue weighted by Crippen LogP contribution is 2.38. The van der Waals surface area contributed by atoms with E-state index >= 15 is 0 Å². The number of hydrogen-bond acceptors (Lipinski definition) is 4. The molecule has 0 spiro atoms. The Balaban J connectivity index is 1.97. The second-order valence-corrected chi connectivity index (χ2v) is 6.66. The fraction of sp³-hybridized carbons (Fsp3) is 0.318. The number of benzene rings is 2. The van der Waals surface area contributed by atoms with Gasteiger partial charge < -0.3 is 18.9 Å². The standard InChI is InChI=1S/C22H24NO4/c1-24-19-9-14-6-5-7-23-13-16-11-21(26-3)20(25-2)10-15(16)8-18(23)17(14)12-22(19)27-4/h8-13H,5-7H2,1-4H3/q+1. The Hall–Kier alpha value is -2.95. The van der Waals surface area contributed by atoms with Crippen LogP contribution in [-0.2, 0) is 13.0 Å². The molecular formula is C22H24NO4+. The van der Waals surface area contributed by atoms with Gasteiger partial charge in [0.25, 0.3) is 0 Å². The number of aryl methyl sites for hydroxylation is 2. The highest BCUT2D eigenvalue weighted by molar-refractivity contribution is 5.87. The third-order valence-corrected chi connectivity index (χ3v) is 5.22. The fourth-order valence-corrected chi connectivity index (χ4v) is 3.84. The van der Waals surface area contributed by atoms with E-state index in [9.17, 15) is 0 Å². The van der Waals surface area contributed by atoms with Gasteiger partial charge in [-0.15, -0.1) is 0 Å². The minimum absolute atomic E-state index is 0.733. The van der Waals surface area contributed by atoms with Crippen molar-refractivity contribution >= 4 is 10.8 Å². The maximum Gasteiger partial charge on any atom is 0.213 e. The molecule has 5 nitrogen and oxygen atoms in total. The van der Waals surface area contributed by atoms with E-state index < -0.39 is 0 Å². The number of pyridine rings is 1. The monoisotopic (exact) mass is 366 g/mol. The van der Waals surface area contributed by atoms with Gasteiger partial charge in [0, 0.05) is 17.9 Å². The molecule has 0 saturated heterocycles. The van der Waals surface area contributed by atoms with Crippen LogP contribution in [0.3, 0.4) is 0 Å². The molecule has 0 N–H and O–H groups in total. The van der Waals surface area contributed by atoms with Gasteiger partial charge in [0.1, 0.15) is 6.54 Å². The van der Waals surface area contributed by atoms with Gasteiger partial charge >= 0.3 is 0 Å². The zero-order valence-corrected chi connectivity index (χ0v) is 16.2. The SMILES string of the molecule is COc1cc2c(cc1OC)-c1cc3cc(OC)c(OC)cc3c[n+]1CCC2. The summed E-state index contributed by atoms with van der Waals surface area (Å²) in [4.78, 5) is 0. The van der Waals surface area contributed by atoms with Crippen molar-refractivity contribution in [3.05, 3.63) is 42.1 Å². The first kappa shape index (κ1) is 17.5. The van der Waals surface area contributed by atoms with Crippen LogP contribution in [0.4, 0.5) is 0 Å². The third-order valence-electron chi connectivity index (χ3n) is 5.22. The number of ether oxygens (including phenoxy) is 4. The van der Waals surface area contributed by atoms with Crippen LogP contribution in [0.5, 0.6) is 23.0 Å². The van der Waals surface area contributed by atoms with Crippen LogP contribution in [0, 0.1) is 0 Å². The fourth-order valence-electron chi connectivity index (χ4n) is 3.84. The Morgan fingerprint density at radius 1 is 0.704 bits per heavy atom. The van der Waals surface area contributed by atoms with E-state index in [4.69, 9.17) is 18.9 Å². The minimum atomic E-state index is 0.733. The molecule has 0 unspecified atom stereocenters. The largest absolute Gasteiger partial charge is 0.493 e. The topological polar surface area (TPSA) is 40.8 Å². The average molecular weight is 366 g/mol. The van der Waals surface area contributed by atoms with Crippen LogP contribution >= 0.6 is 0 Å². The summed E-state index contributed by atoms with van der Waals surface area (Å²) in [5.74, 6) is 3.00. The van der Waals surface area contributed by atoms with E-state index in [-0.39, 0.29) is 0 Å². The van der Waals surface area contributed by atoms with Crippen molar-refractivity contribution in [3.8, 4) is 34.3 Å². The molecular weight excluding hydrogens is 342 g/mol. The molecule has 0 atom stereocenters.